The van der Waals surface area contributed by atoms with Gasteiger partial charge in [-0.25, -0.2) is 0 Å². The first-order chi connectivity index (χ1) is 8.13. The second-order valence-corrected chi connectivity index (χ2v) is 4.16. The van der Waals surface area contributed by atoms with Gasteiger partial charge in [0.05, 0.1) is 0 Å². The first-order valence-electron chi connectivity index (χ1n) is 5.62. The number of carbonyl (C=O) groups excluding carboxylic acids is 1. The lowest BCUT2D eigenvalue weighted by Crippen LogP contribution is -2.37. The van der Waals surface area contributed by atoms with E-state index < -0.39 is 0 Å². The SMILES string of the molecule is Cc1c(C(=O)N[C@@H](C)CN)oc2ccccc12.Cl. The molecule has 0 bridgehead atoms. The second kappa shape index (κ2) is 5.89. The van der Waals surface area contributed by atoms with Crippen molar-refractivity contribution in [3.05, 3.63) is 35.6 Å². The summed E-state index contributed by atoms with van der Waals surface area (Å²) >= 11 is 0. The summed E-state index contributed by atoms with van der Waals surface area (Å²) in [6, 6.07) is 7.54. The van der Waals surface area contributed by atoms with E-state index in [9.17, 15) is 4.79 Å². The fourth-order valence-corrected chi connectivity index (χ4v) is 1.74. The largest absolute Gasteiger partial charge is 0.451 e. The quantitative estimate of drug-likeness (QED) is 0.897. The zero-order valence-corrected chi connectivity index (χ0v) is 11.2. The van der Waals surface area contributed by atoms with Crippen LogP contribution in [-0.4, -0.2) is 18.5 Å². The standard InChI is InChI=1S/C13H16N2O2.ClH/c1-8(7-14)15-13(16)12-9(2)10-5-3-4-6-11(10)17-12;/h3-6,8H,7,14H2,1-2H3,(H,15,16);1H/t8-;/m0./s1. The van der Waals surface area contributed by atoms with Gasteiger partial charge in [-0.1, -0.05) is 18.2 Å². The molecule has 4 nitrogen and oxygen atoms in total. The van der Waals surface area contributed by atoms with E-state index in [0.717, 1.165) is 16.5 Å². The lowest BCUT2D eigenvalue weighted by molar-refractivity contribution is 0.0914. The van der Waals surface area contributed by atoms with Crippen molar-refractivity contribution in [1.82, 2.24) is 5.32 Å². The van der Waals surface area contributed by atoms with Gasteiger partial charge in [-0.15, -0.1) is 12.4 Å². The summed E-state index contributed by atoms with van der Waals surface area (Å²) in [5, 5.41) is 3.76. The smallest absolute Gasteiger partial charge is 0.287 e. The Bertz CT molecular complexity index is 551. The number of nitrogens with one attached hydrogen (secondary N) is 1. The molecule has 0 saturated carbocycles. The lowest BCUT2D eigenvalue weighted by atomic mass is 10.1. The van der Waals surface area contributed by atoms with Crippen LogP contribution in [0.25, 0.3) is 11.0 Å². The van der Waals surface area contributed by atoms with Gasteiger partial charge in [0.2, 0.25) is 0 Å². The van der Waals surface area contributed by atoms with Gasteiger partial charge >= 0.3 is 0 Å². The van der Waals surface area contributed by atoms with Crippen molar-refractivity contribution in [2.45, 2.75) is 19.9 Å². The van der Waals surface area contributed by atoms with Crippen LogP contribution >= 0.6 is 12.4 Å². The average Bonchev–Trinajstić information content (AvgIpc) is 2.67. The number of amides is 1. The van der Waals surface area contributed by atoms with Crippen LogP contribution in [0.15, 0.2) is 28.7 Å². The minimum atomic E-state index is -0.211. The molecule has 0 aliphatic rings. The number of nitrogens with two attached hydrogens (primary N) is 1. The molecule has 1 atom stereocenters. The molecule has 98 valence electrons. The van der Waals surface area contributed by atoms with Crippen LogP contribution in [0.4, 0.5) is 0 Å². The molecule has 5 heteroatoms. The minimum Gasteiger partial charge on any atom is -0.451 e. The van der Waals surface area contributed by atoms with Crippen molar-refractivity contribution in [3.8, 4) is 0 Å². The molecule has 1 aromatic heterocycles. The Balaban J connectivity index is 0.00000162. The van der Waals surface area contributed by atoms with Crippen LogP contribution in [0.3, 0.4) is 0 Å². The van der Waals surface area contributed by atoms with Crippen molar-refractivity contribution < 1.29 is 9.21 Å². The van der Waals surface area contributed by atoms with Gasteiger partial charge in [0.15, 0.2) is 5.76 Å². The van der Waals surface area contributed by atoms with Gasteiger partial charge < -0.3 is 15.5 Å². The van der Waals surface area contributed by atoms with E-state index in [1.807, 2.05) is 38.1 Å². The Morgan fingerprint density at radius 3 is 2.72 bits per heavy atom. The first-order valence-corrected chi connectivity index (χ1v) is 5.62. The highest BCUT2D eigenvalue weighted by Crippen LogP contribution is 2.24. The third kappa shape index (κ3) is 2.66. The molecule has 0 unspecified atom stereocenters. The highest BCUT2D eigenvalue weighted by molar-refractivity contribution is 5.98. The zero-order valence-electron chi connectivity index (χ0n) is 10.4. The fraction of sp³-hybridized carbons (Fsp3) is 0.308. The molecule has 1 amide bonds. The molecule has 1 aromatic carbocycles. The first kappa shape index (κ1) is 14.5. The highest BCUT2D eigenvalue weighted by Gasteiger charge is 2.18. The maximum Gasteiger partial charge on any atom is 0.287 e. The number of rotatable bonds is 3. The van der Waals surface area contributed by atoms with E-state index in [1.54, 1.807) is 0 Å². The summed E-state index contributed by atoms with van der Waals surface area (Å²) in [5.74, 6) is 0.156. The molecule has 0 fully saturated rings. The monoisotopic (exact) mass is 268 g/mol. The van der Waals surface area contributed by atoms with Crippen LogP contribution < -0.4 is 11.1 Å². The molecule has 3 N–H and O–H groups in total. The summed E-state index contributed by atoms with van der Waals surface area (Å²) in [5.41, 5.74) is 7.06. The summed E-state index contributed by atoms with van der Waals surface area (Å²) < 4.78 is 5.55. The highest BCUT2D eigenvalue weighted by atomic mass is 35.5. The number of carbonyl (C=O) groups is 1. The van der Waals surface area contributed by atoms with E-state index in [-0.39, 0.29) is 24.4 Å². The van der Waals surface area contributed by atoms with Gasteiger partial charge in [-0.2, -0.15) is 0 Å². The van der Waals surface area contributed by atoms with Crippen molar-refractivity contribution in [3.63, 3.8) is 0 Å². The molecule has 18 heavy (non-hydrogen) atoms. The van der Waals surface area contributed by atoms with E-state index in [4.69, 9.17) is 10.2 Å². The Kier molecular flexibility index (Phi) is 4.76. The molecular formula is C13H17ClN2O2. The van der Waals surface area contributed by atoms with Gasteiger partial charge in [0.25, 0.3) is 5.91 Å². The number of hydrogen-bond donors (Lipinski definition) is 2. The fourth-order valence-electron chi connectivity index (χ4n) is 1.74. The summed E-state index contributed by atoms with van der Waals surface area (Å²) in [7, 11) is 0. The number of aryl methyl sites for hydroxylation is 1. The number of hydrogen-bond acceptors (Lipinski definition) is 3. The van der Waals surface area contributed by atoms with Crippen molar-refractivity contribution in [1.29, 1.82) is 0 Å². The summed E-state index contributed by atoms with van der Waals surface area (Å²) in [6.45, 7) is 4.15. The Hall–Kier alpha value is -1.52. The number of benzene rings is 1. The minimum absolute atomic E-state index is 0. The maximum absolute atomic E-state index is 11.9. The molecule has 0 saturated heterocycles. The van der Waals surface area contributed by atoms with E-state index in [1.165, 1.54) is 0 Å². The number of furan rings is 1. The molecule has 0 radical (unpaired) electrons. The number of fused-ring (bicyclic) bond motifs is 1. The summed E-state index contributed by atoms with van der Waals surface area (Å²) in [6.07, 6.45) is 0. The molecule has 0 aliphatic carbocycles. The molecule has 0 aliphatic heterocycles. The van der Waals surface area contributed by atoms with Crippen LogP contribution in [0.5, 0.6) is 0 Å². The molecule has 1 heterocycles. The van der Waals surface area contributed by atoms with Gasteiger partial charge in [-0.3, -0.25) is 4.79 Å². The van der Waals surface area contributed by atoms with Crippen molar-refractivity contribution in [2.75, 3.05) is 6.54 Å². The van der Waals surface area contributed by atoms with Crippen molar-refractivity contribution in [2.24, 2.45) is 5.73 Å². The molecule has 2 rings (SSSR count). The van der Waals surface area contributed by atoms with E-state index in [0.29, 0.717) is 12.3 Å². The Morgan fingerprint density at radius 2 is 2.11 bits per heavy atom. The number of halogens is 1. The van der Waals surface area contributed by atoms with E-state index >= 15 is 0 Å². The van der Waals surface area contributed by atoms with Crippen LogP contribution in [0.2, 0.25) is 0 Å². The van der Waals surface area contributed by atoms with Crippen LogP contribution in [0.1, 0.15) is 23.0 Å². The van der Waals surface area contributed by atoms with Gasteiger partial charge in [0, 0.05) is 23.5 Å². The predicted molar refractivity (Wildman–Crippen MR) is 74.2 cm³/mol. The second-order valence-electron chi connectivity index (χ2n) is 4.16. The van der Waals surface area contributed by atoms with Crippen LogP contribution in [-0.2, 0) is 0 Å². The lowest BCUT2D eigenvalue weighted by Gasteiger charge is -2.09. The predicted octanol–water partition coefficient (Wildman–Crippen LogP) is 2.24. The normalized spacial score (nSPS) is 11.9. The third-order valence-electron chi connectivity index (χ3n) is 2.78. The van der Waals surface area contributed by atoms with E-state index in [2.05, 4.69) is 5.32 Å². The molecular weight excluding hydrogens is 252 g/mol. The van der Waals surface area contributed by atoms with Gasteiger partial charge in [-0.05, 0) is 19.9 Å². The summed E-state index contributed by atoms with van der Waals surface area (Å²) in [4.78, 5) is 11.9. The topological polar surface area (TPSA) is 68.3 Å². The van der Waals surface area contributed by atoms with Crippen LogP contribution in [0, 0.1) is 6.92 Å². The molecule has 2 aromatic rings. The van der Waals surface area contributed by atoms with Gasteiger partial charge in [0.1, 0.15) is 5.58 Å². The Labute approximate surface area is 112 Å². The third-order valence-corrected chi connectivity index (χ3v) is 2.78. The maximum atomic E-state index is 11.9. The Morgan fingerprint density at radius 1 is 1.44 bits per heavy atom. The zero-order chi connectivity index (χ0) is 12.4. The average molecular weight is 269 g/mol. The number of para-hydroxylation sites is 1. The van der Waals surface area contributed by atoms with Crippen molar-refractivity contribution >= 4 is 29.3 Å². The molecule has 0 spiro atoms.